The van der Waals surface area contributed by atoms with Crippen LogP contribution in [0.3, 0.4) is 0 Å². The highest BCUT2D eigenvalue weighted by molar-refractivity contribution is 6.35. The first-order valence-electron chi connectivity index (χ1n) is 13.2. The van der Waals surface area contributed by atoms with E-state index in [9.17, 15) is 13.6 Å². The number of alkyl halides is 2. The van der Waals surface area contributed by atoms with Crippen LogP contribution >= 0.6 is 23.2 Å². The Balaban J connectivity index is 1.35. The van der Waals surface area contributed by atoms with Crippen LogP contribution in [-0.2, 0) is 4.79 Å². The number of carbonyl (C=O) groups is 1. The predicted octanol–water partition coefficient (Wildman–Crippen LogP) is 5.84. The second kappa shape index (κ2) is 10.8. The number of anilines is 1. The van der Waals surface area contributed by atoms with Gasteiger partial charge < -0.3 is 10.0 Å². The molecule has 0 saturated carbocycles. The van der Waals surface area contributed by atoms with Gasteiger partial charge >= 0.3 is 11.9 Å². The molecule has 210 valence electrons. The maximum absolute atomic E-state index is 14.0. The van der Waals surface area contributed by atoms with Gasteiger partial charge in [0.2, 0.25) is 0 Å². The quantitative estimate of drug-likeness (QED) is 0.375. The summed E-state index contributed by atoms with van der Waals surface area (Å²) in [5, 5.41) is 14.8. The number of benzene rings is 1. The van der Waals surface area contributed by atoms with E-state index in [2.05, 4.69) is 21.7 Å². The van der Waals surface area contributed by atoms with E-state index in [4.69, 9.17) is 38.4 Å². The van der Waals surface area contributed by atoms with Gasteiger partial charge in [-0.3, -0.25) is 4.90 Å². The zero-order chi connectivity index (χ0) is 28.1. The minimum Gasteiger partial charge on any atom is -0.477 e. The summed E-state index contributed by atoms with van der Waals surface area (Å²) in [6, 6.07) is 4.88. The maximum atomic E-state index is 14.0. The van der Waals surface area contributed by atoms with E-state index in [0.29, 0.717) is 41.7 Å². The Hall–Kier alpha value is -2.56. The molecule has 3 aromatic rings. The molecule has 1 N–H and O–H groups in total. The van der Waals surface area contributed by atoms with Crippen LogP contribution in [-0.4, -0.2) is 73.4 Å². The molecule has 39 heavy (non-hydrogen) atoms. The van der Waals surface area contributed by atoms with Gasteiger partial charge in [-0.25, -0.2) is 19.4 Å². The second-order valence-corrected chi connectivity index (χ2v) is 11.6. The predicted molar refractivity (Wildman–Crippen MR) is 147 cm³/mol. The van der Waals surface area contributed by atoms with Gasteiger partial charge in [-0.05, 0) is 63.3 Å². The highest BCUT2D eigenvalue weighted by Crippen LogP contribution is 2.36. The van der Waals surface area contributed by atoms with Crippen LogP contribution < -0.4 is 4.90 Å². The third-order valence-electron chi connectivity index (χ3n) is 8.18. The van der Waals surface area contributed by atoms with Gasteiger partial charge in [0.05, 0.1) is 17.9 Å². The summed E-state index contributed by atoms with van der Waals surface area (Å²) in [5.41, 5.74) is 3.03. The van der Waals surface area contributed by atoms with E-state index >= 15 is 0 Å². The minimum absolute atomic E-state index is 0.106. The van der Waals surface area contributed by atoms with E-state index in [1.54, 1.807) is 18.3 Å². The molecule has 4 unspecified atom stereocenters. The number of likely N-dealkylation sites (tertiary alicyclic amines) is 1. The van der Waals surface area contributed by atoms with Crippen LogP contribution in [0.25, 0.3) is 11.2 Å². The van der Waals surface area contributed by atoms with Gasteiger partial charge in [0, 0.05) is 41.6 Å². The molecule has 2 saturated heterocycles. The first-order chi connectivity index (χ1) is 18.5. The molecule has 0 bridgehead atoms. The van der Waals surface area contributed by atoms with Gasteiger partial charge in [-0.2, -0.15) is 13.9 Å². The monoisotopic (exact) mass is 580 g/mol. The van der Waals surface area contributed by atoms with Crippen molar-refractivity contribution in [3.63, 3.8) is 0 Å². The molecule has 4 heterocycles. The maximum Gasteiger partial charge on any atom is 0.374 e. The van der Waals surface area contributed by atoms with Crippen LogP contribution in [0.2, 0.25) is 10.0 Å². The van der Waals surface area contributed by atoms with Crippen LogP contribution in [0.4, 0.5) is 14.6 Å². The zero-order valence-electron chi connectivity index (χ0n) is 22.1. The second-order valence-electron chi connectivity index (χ2n) is 10.8. The SMILES string of the molecule is Cc1nn(C(C)c2ccc(Cl)cc2Cl)c2nc(N3CCC(N4CCCC4CC(F)(F)C(=O)O)C(C)C3)cnc12. The molecule has 8 nitrogen and oxygen atoms in total. The lowest BCUT2D eigenvalue weighted by Gasteiger charge is -2.44. The summed E-state index contributed by atoms with van der Waals surface area (Å²) in [5.74, 6) is -4.85. The van der Waals surface area contributed by atoms with E-state index < -0.39 is 24.4 Å². The number of aliphatic carboxylic acids is 1. The number of hydrogen-bond acceptors (Lipinski definition) is 6. The van der Waals surface area contributed by atoms with E-state index in [-0.39, 0.29) is 18.0 Å². The van der Waals surface area contributed by atoms with Crippen molar-refractivity contribution in [2.24, 2.45) is 5.92 Å². The van der Waals surface area contributed by atoms with Crippen LogP contribution in [0.5, 0.6) is 0 Å². The van der Waals surface area contributed by atoms with Gasteiger partial charge in [-0.1, -0.05) is 36.2 Å². The number of aromatic nitrogens is 4. The molecular weight excluding hydrogens is 549 g/mol. The van der Waals surface area contributed by atoms with Crippen LogP contribution in [0.1, 0.15) is 56.8 Å². The third kappa shape index (κ3) is 5.43. The fourth-order valence-electron chi connectivity index (χ4n) is 6.17. The van der Waals surface area contributed by atoms with Gasteiger partial charge in [0.15, 0.2) is 5.65 Å². The summed E-state index contributed by atoms with van der Waals surface area (Å²) in [6.45, 7) is 8.12. The molecule has 2 aliphatic rings. The highest BCUT2D eigenvalue weighted by Gasteiger charge is 2.46. The number of fused-ring (bicyclic) bond motifs is 1. The van der Waals surface area contributed by atoms with Crippen molar-refractivity contribution < 1.29 is 18.7 Å². The smallest absolute Gasteiger partial charge is 0.374 e. The Labute approximate surface area is 235 Å². The lowest BCUT2D eigenvalue weighted by atomic mass is 9.91. The Kier molecular flexibility index (Phi) is 7.74. The lowest BCUT2D eigenvalue weighted by molar-refractivity contribution is -0.167. The van der Waals surface area contributed by atoms with Crippen LogP contribution in [0, 0.1) is 12.8 Å². The molecule has 0 radical (unpaired) electrons. The first-order valence-corrected chi connectivity index (χ1v) is 14.0. The molecule has 0 aliphatic carbocycles. The van der Waals surface area contributed by atoms with E-state index in [1.165, 1.54) is 0 Å². The summed E-state index contributed by atoms with van der Waals surface area (Å²) in [7, 11) is 0. The van der Waals surface area contributed by atoms with Gasteiger partial charge in [-0.15, -0.1) is 0 Å². The Bertz CT molecular complexity index is 1390. The number of hydrogen-bond donors (Lipinski definition) is 1. The van der Waals surface area contributed by atoms with Crippen molar-refractivity contribution in [2.45, 2.75) is 70.5 Å². The third-order valence-corrected chi connectivity index (χ3v) is 8.74. The molecule has 0 spiro atoms. The number of halogens is 4. The number of carboxylic acid groups (broad SMARTS) is 1. The molecule has 2 aliphatic heterocycles. The molecule has 12 heteroatoms. The van der Waals surface area contributed by atoms with Crippen molar-refractivity contribution in [3.05, 3.63) is 45.7 Å². The number of carboxylic acids is 1. The number of rotatable bonds is 7. The average molecular weight is 581 g/mol. The molecule has 5 rings (SSSR count). The van der Waals surface area contributed by atoms with Crippen molar-refractivity contribution in [2.75, 3.05) is 24.5 Å². The molecular formula is C27H32Cl2F2N6O2. The van der Waals surface area contributed by atoms with E-state index in [0.717, 1.165) is 35.4 Å². The largest absolute Gasteiger partial charge is 0.477 e. The molecule has 1 aromatic carbocycles. The zero-order valence-corrected chi connectivity index (χ0v) is 23.6. The molecule has 0 amide bonds. The fourth-order valence-corrected chi connectivity index (χ4v) is 6.73. The average Bonchev–Trinajstić information content (AvgIpc) is 3.46. The lowest BCUT2D eigenvalue weighted by Crippen LogP contribution is -2.53. The number of nitrogens with zero attached hydrogens (tertiary/aromatic N) is 6. The van der Waals surface area contributed by atoms with Crippen molar-refractivity contribution in [3.8, 4) is 0 Å². The number of piperidine rings is 1. The Morgan fingerprint density at radius 1 is 1.26 bits per heavy atom. The molecule has 2 fully saturated rings. The standard InChI is InChI=1S/C27H32Cl2F2N6O2/c1-15-14-35(10-8-22(15)36-9-4-5-19(36)12-27(30,31)26(38)39)23-13-32-24-16(2)34-37(25(24)33-23)17(3)20-7-6-18(28)11-21(20)29/h6-7,11,13,15,17,19,22H,4-5,8-10,12,14H2,1-3H3,(H,38,39). The van der Waals surface area contributed by atoms with Crippen LogP contribution in [0.15, 0.2) is 24.4 Å². The van der Waals surface area contributed by atoms with Crippen molar-refractivity contribution in [1.82, 2.24) is 24.6 Å². The van der Waals surface area contributed by atoms with Gasteiger partial charge in [0.25, 0.3) is 0 Å². The molecule has 4 atom stereocenters. The minimum atomic E-state index is -3.71. The van der Waals surface area contributed by atoms with E-state index in [1.807, 2.05) is 24.6 Å². The van der Waals surface area contributed by atoms with Crippen molar-refractivity contribution in [1.29, 1.82) is 0 Å². The molecule has 2 aromatic heterocycles. The summed E-state index contributed by atoms with van der Waals surface area (Å²) < 4.78 is 29.9. The normalized spacial score (nSPS) is 23.5. The Morgan fingerprint density at radius 2 is 2.03 bits per heavy atom. The fraction of sp³-hybridized carbons (Fsp3) is 0.556. The van der Waals surface area contributed by atoms with Gasteiger partial charge in [0.1, 0.15) is 11.3 Å². The Morgan fingerprint density at radius 3 is 2.72 bits per heavy atom. The summed E-state index contributed by atoms with van der Waals surface area (Å²) in [6.07, 6.45) is 3.29. The topological polar surface area (TPSA) is 87.4 Å². The summed E-state index contributed by atoms with van der Waals surface area (Å²) >= 11 is 12.6. The van der Waals surface area contributed by atoms with Crippen molar-refractivity contribution >= 4 is 46.2 Å². The highest BCUT2D eigenvalue weighted by atomic mass is 35.5. The first kappa shape index (κ1) is 28.0. The summed E-state index contributed by atoms with van der Waals surface area (Å²) in [4.78, 5) is 25.0. The number of aryl methyl sites for hydroxylation is 1.